The fourth-order valence-corrected chi connectivity index (χ4v) is 3.68. The van der Waals surface area contributed by atoms with Crippen molar-refractivity contribution < 1.29 is 23.8 Å². The maximum absolute atomic E-state index is 12.8. The largest absolute Gasteiger partial charge is 0.504 e. The average Bonchev–Trinajstić information content (AvgIpc) is 3.17. The summed E-state index contributed by atoms with van der Waals surface area (Å²) in [5.41, 5.74) is 1.65. The molecule has 1 fully saturated rings. The number of aromatic hydroxyl groups is 1. The molecule has 158 valence electrons. The Kier molecular flexibility index (Phi) is 6.13. The number of pyridine rings is 1. The van der Waals surface area contributed by atoms with E-state index < -0.39 is 5.97 Å². The molecule has 1 N–H and O–H groups in total. The van der Waals surface area contributed by atoms with Gasteiger partial charge in [0.05, 0.1) is 6.61 Å². The summed E-state index contributed by atoms with van der Waals surface area (Å²) in [6, 6.07) is 3.72. The van der Waals surface area contributed by atoms with Gasteiger partial charge in [0.1, 0.15) is 6.61 Å². The number of allylic oxidation sites excluding steroid dienone is 1. The predicted octanol–water partition coefficient (Wildman–Crippen LogP) is 3.82. The van der Waals surface area contributed by atoms with Crippen molar-refractivity contribution in [2.45, 2.75) is 25.7 Å². The van der Waals surface area contributed by atoms with Crippen LogP contribution in [0.15, 0.2) is 27.7 Å². The Labute approximate surface area is 174 Å². The van der Waals surface area contributed by atoms with Crippen molar-refractivity contribution in [1.82, 2.24) is 4.98 Å². The van der Waals surface area contributed by atoms with Crippen LogP contribution in [0.25, 0.3) is 11.6 Å². The van der Waals surface area contributed by atoms with E-state index in [0.717, 1.165) is 49.9 Å². The first-order chi connectivity index (χ1) is 14.7. The summed E-state index contributed by atoms with van der Waals surface area (Å²) >= 11 is 0. The van der Waals surface area contributed by atoms with E-state index in [-0.39, 0.29) is 30.3 Å². The van der Waals surface area contributed by atoms with Gasteiger partial charge in [0.2, 0.25) is 5.88 Å². The second kappa shape index (κ2) is 9.13. The van der Waals surface area contributed by atoms with Gasteiger partial charge < -0.3 is 23.9 Å². The molecule has 4 heterocycles. The number of carbonyl (C=O) groups excluding carboxylic acids is 1. The molecule has 8 heteroatoms. The molecule has 0 bridgehead atoms. The second-order valence-electron chi connectivity index (χ2n) is 7.26. The van der Waals surface area contributed by atoms with Crippen LogP contribution in [0.5, 0.6) is 5.75 Å². The van der Waals surface area contributed by atoms with E-state index in [1.807, 2.05) is 17.0 Å². The number of esters is 1. The number of aliphatic imine (C=N–C) groups is 1. The Morgan fingerprint density at radius 3 is 2.83 bits per heavy atom. The van der Waals surface area contributed by atoms with Gasteiger partial charge in [-0.1, -0.05) is 12.8 Å². The van der Waals surface area contributed by atoms with Crippen LogP contribution in [-0.2, 0) is 9.47 Å². The van der Waals surface area contributed by atoms with E-state index in [4.69, 9.17) is 13.9 Å². The number of nitrogens with zero attached hydrogens (tertiary/aromatic N) is 3. The summed E-state index contributed by atoms with van der Waals surface area (Å²) in [5.74, 6) is 0.312. The highest BCUT2D eigenvalue weighted by Crippen LogP contribution is 2.40. The Morgan fingerprint density at radius 1 is 1.27 bits per heavy atom. The number of hydrogen-bond donors (Lipinski definition) is 1. The zero-order valence-electron chi connectivity index (χ0n) is 17.0. The number of aromatic nitrogens is 1. The van der Waals surface area contributed by atoms with Crippen LogP contribution in [0.2, 0.25) is 0 Å². The summed E-state index contributed by atoms with van der Waals surface area (Å²) < 4.78 is 16.3. The van der Waals surface area contributed by atoms with E-state index in [2.05, 4.69) is 9.98 Å². The van der Waals surface area contributed by atoms with Gasteiger partial charge in [-0.3, -0.25) is 0 Å². The second-order valence-corrected chi connectivity index (χ2v) is 7.26. The minimum Gasteiger partial charge on any atom is -0.504 e. The molecular formula is C22H25N3O5. The molecule has 8 nitrogen and oxygen atoms in total. The molecular weight excluding hydrogens is 386 g/mol. The normalized spacial score (nSPS) is 17.2. The molecule has 2 aromatic rings. The first-order valence-electron chi connectivity index (χ1n) is 10.2. The van der Waals surface area contributed by atoms with Crippen molar-refractivity contribution in [2.75, 3.05) is 38.3 Å². The van der Waals surface area contributed by atoms with Gasteiger partial charge in [0.15, 0.2) is 22.9 Å². The van der Waals surface area contributed by atoms with Crippen molar-refractivity contribution >= 4 is 35.5 Å². The molecule has 2 aromatic heterocycles. The quantitative estimate of drug-likeness (QED) is 0.570. The number of carbonyl (C=O) groups is 1. The third-order valence-corrected chi connectivity index (χ3v) is 5.22. The smallest absolute Gasteiger partial charge is 0.347 e. The molecule has 0 unspecified atom stereocenters. The molecule has 0 spiro atoms. The van der Waals surface area contributed by atoms with E-state index >= 15 is 0 Å². The van der Waals surface area contributed by atoms with Gasteiger partial charge in [-0.2, -0.15) is 0 Å². The van der Waals surface area contributed by atoms with Gasteiger partial charge in [0, 0.05) is 43.7 Å². The topological polar surface area (TPSA) is 97.4 Å². The Hall–Kier alpha value is -3.13. The SMILES string of the molecule is COCCOC(=O)c1c(N2CCCCCC2)oc(C=C2C=Nc3ncccc32)c1O. The number of ether oxygens (including phenoxy) is 2. The number of rotatable bonds is 6. The fourth-order valence-electron chi connectivity index (χ4n) is 3.68. The first kappa shape index (κ1) is 20.2. The summed E-state index contributed by atoms with van der Waals surface area (Å²) in [4.78, 5) is 23.3. The third kappa shape index (κ3) is 4.09. The van der Waals surface area contributed by atoms with Crippen molar-refractivity contribution in [1.29, 1.82) is 0 Å². The molecule has 0 aliphatic carbocycles. The lowest BCUT2D eigenvalue weighted by Crippen LogP contribution is -2.25. The van der Waals surface area contributed by atoms with Gasteiger partial charge in [-0.05, 0) is 31.1 Å². The van der Waals surface area contributed by atoms with Crippen molar-refractivity contribution in [3.63, 3.8) is 0 Å². The lowest BCUT2D eigenvalue weighted by molar-refractivity contribution is 0.0385. The maximum atomic E-state index is 12.8. The number of hydrogen-bond acceptors (Lipinski definition) is 8. The fraction of sp³-hybridized carbons (Fsp3) is 0.409. The maximum Gasteiger partial charge on any atom is 0.347 e. The van der Waals surface area contributed by atoms with E-state index in [0.29, 0.717) is 11.7 Å². The van der Waals surface area contributed by atoms with E-state index in [1.54, 1.807) is 18.5 Å². The number of furan rings is 1. The Morgan fingerprint density at radius 2 is 2.07 bits per heavy atom. The van der Waals surface area contributed by atoms with Crippen LogP contribution in [0, 0.1) is 0 Å². The van der Waals surface area contributed by atoms with Gasteiger partial charge >= 0.3 is 5.97 Å². The minimum absolute atomic E-state index is 0.0567. The zero-order chi connectivity index (χ0) is 20.9. The molecule has 30 heavy (non-hydrogen) atoms. The van der Waals surface area contributed by atoms with Crippen LogP contribution in [0.3, 0.4) is 0 Å². The number of fused-ring (bicyclic) bond motifs is 1. The molecule has 2 aliphatic rings. The molecule has 0 aromatic carbocycles. The Bertz CT molecular complexity index is 971. The summed E-state index contributed by atoms with van der Waals surface area (Å²) in [6.45, 7) is 1.90. The monoisotopic (exact) mass is 411 g/mol. The summed E-state index contributed by atoms with van der Waals surface area (Å²) in [7, 11) is 1.53. The molecule has 0 atom stereocenters. The van der Waals surface area contributed by atoms with Crippen LogP contribution in [0.1, 0.15) is 47.4 Å². The van der Waals surface area contributed by atoms with Crippen LogP contribution in [0.4, 0.5) is 11.7 Å². The molecule has 0 amide bonds. The highest BCUT2D eigenvalue weighted by Gasteiger charge is 2.30. The van der Waals surface area contributed by atoms with Crippen molar-refractivity contribution in [3.8, 4) is 5.75 Å². The van der Waals surface area contributed by atoms with Crippen LogP contribution >= 0.6 is 0 Å². The van der Waals surface area contributed by atoms with Crippen LogP contribution in [-0.4, -0.2) is 55.7 Å². The molecule has 0 saturated carbocycles. The highest BCUT2D eigenvalue weighted by atomic mass is 16.6. The lowest BCUT2D eigenvalue weighted by atomic mass is 10.1. The first-order valence-corrected chi connectivity index (χ1v) is 10.2. The van der Waals surface area contributed by atoms with Crippen molar-refractivity contribution in [2.24, 2.45) is 4.99 Å². The predicted molar refractivity (Wildman–Crippen MR) is 113 cm³/mol. The number of anilines is 1. The van der Waals surface area contributed by atoms with Gasteiger partial charge in [0.25, 0.3) is 0 Å². The van der Waals surface area contributed by atoms with Crippen LogP contribution < -0.4 is 4.90 Å². The Balaban J connectivity index is 1.71. The third-order valence-electron chi connectivity index (χ3n) is 5.22. The summed E-state index contributed by atoms with van der Waals surface area (Å²) in [5, 5.41) is 10.9. The van der Waals surface area contributed by atoms with E-state index in [9.17, 15) is 9.90 Å². The van der Waals surface area contributed by atoms with Gasteiger partial charge in [-0.15, -0.1) is 0 Å². The molecule has 2 aliphatic heterocycles. The van der Waals surface area contributed by atoms with E-state index in [1.165, 1.54) is 7.11 Å². The zero-order valence-corrected chi connectivity index (χ0v) is 17.0. The molecule has 0 radical (unpaired) electrons. The van der Waals surface area contributed by atoms with Gasteiger partial charge in [-0.25, -0.2) is 14.8 Å². The standard InChI is InChI=1S/C22H25N3O5/c1-28-11-12-29-22(27)18-19(26)17(30-21(18)25-9-4-2-3-5-10-25)13-15-14-24-20-16(15)7-6-8-23-20/h6-8,13-14,26H,2-5,9-12H2,1H3. The minimum atomic E-state index is -0.626. The summed E-state index contributed by atoms with van der Waals surface area (Å²) in [6.07, 6.45) is 9.29. The van der Waals surface area contributed by atoms with Crippen molar-refractivity contribution in [3.05, 3.63) is 35.2 Å². The molecule has 4 rings (SSSR count). The average molecular weight is 411 g/mol. The lowest BCUT2D eigenvalue weighted by Gasteiger charge is -2.20. The number of methoxy groups -OCH3 is 1. The molecule has 1 saturated heterocycles. The highest BCUT2D eigenvalue weighted by molar-refractivity contribution is 6.21.